The number of nitrogens with zero attached hydrogens (tertiary/aromatic N) is 1. The maximum atomic E-state index is 10.1. The quantitative estimate of drug-likeness (QED) is 0.455. The molecule has 0 unspecified atom stereocenters. The molecule has 1 aromatic rings. The molecule has 0 aromatic heterocycles. The molecule has 1 rings (SSSR count). The highest BCUT2D eigenvalue weighted by atomic mass is 35.5. The van der Waals surface area contributed by atoms with E-state index < -0.39 is 0 Å². The molecule has 76 valence electrons. The molecule has 0 bridgehead atoms. The Hall–Kier alpha value is -0.740. The van der Waals surface area contributed by atoms with Crippen molar-refractivity contribution in [2.75, 3.05) is 12.3 Å². The van der Waals surface area contributed by atoms with E-state index in [-0.39, 0.29) is 11.5 Å². The van der Waals surface area contributed by atoms with Crippen LogP contribution in [0.2, 0.25) is 5.02 Å². The second kappa shape index (κ2) is 5.22. The second-order valence-electron chi connectivity index (χ2n) is 2.81. The van der Waals surface area contributed by atoms with Crippen LogP contribution >= 0.6 is 23.4 Å². The molecule has 0 N–H and O–H groups in total. The molecule has 1 aromatic carbocycles. The predicted octanol–water partition coefficient (Wildman–Crippen LogP) is 3.02. The third-order valence-corrected chi connectivity index (χ3v) is 3.06. The smallest absolute Gasteiger partial charge is 0.213 e. The minimum atomic E-state index is -0.307. The van der Waals surface area contributed by atoms with Crippen LogP contribution in [0, 0.1) is 17.0 Å². The van der Waals surface area contributed by atoms with Crippen molar-refractivity contribution in [3.05, 3.63) is 38.9 Å². The van der Waals surface area contributed by atoms with Crippen molar-refractivity contribution < 1.29 is 4.92 Å². The maximum absolute atomic E-state index is 10.1. The largest absolute Gasteiger partial charge is 0.265 e. The lowest BCUT2D eigenvalue weighted by Crippen LogP contribution is -2.02. The zero-order valence-electron chi connectivity index (χ0n) is 7.70. The monoisotopic (exact) mass is 231 g/mol. The normalized spacial score (nSPS) is 10.1. The Morgan fingerprint density at radius 3 is 2.86 bits per heavy atom. The van der Waals surface area contributed by atoms with Crippen molar-refractivity contribution in [2.45, 2.75) is 11.8 Å². The summed E-state index contributed by atoms with van der Waals surface area (Å²) < 4.78 is 0. The van der Waals surface area contributed by atoms with E-state index >= 15 is 0 Å². The summed E-state index contributed by atoms with van der Waals surface area (Å²) in [6, 6.07) is 5.54. The highest BCUT2D eigenvalue weighted by Gasteiger charge is 2.02. The molecular formula is C9H10ClNO2S. The van der Waals surface area contributed by atoms with Gasteiger partial charge in [-0.2, -0.15) is 0 Å². The Morgan fingerprint density at radius 1 is 1.57 bits per heavy atom. The number of thioether (sulfide) groups is 1. The van der Waals surface area contributed by atoms with Gasteiger partial charge < -0.3 is 0 Å². The van der Waals surface area contributed by atoms with Gasteiger partial charge in [0.25, 0.3) is 0 Å². The van der Waals surface area contributed by atoms with Gasteiger partial charge in [0.1, 0.15) is 0 Å². The number of halogens is 1. The van der Waals surface area contributed by atoms with Gasteiger partial charge in [0.15, 0.2) is 0 Å². The fourth-order valence-electron chi connectivity index (χ4n) is 1.00. The van der Waals surface area contributed by atoms with Crippen LogP contribution in [0.1, 0.15) is 5.56 Å². The second-order valence-corrected chi connectivity index (χ2v) is 4.39. The fourth-order valence-corrected chi connectivity index (χ4v) is 2.14. The highest BCUT2D eigenvalue weighted by Crippen LogP contribution is 2.24. The van der Waals surface area contributed by atoms with Gasteiger partial charge in [0.05, 0.1) is 5.75 Å². The minimum Gasteiger partial charge on any atom is -0.265 e. The molecule has 0 aliphatic heterocycles. The van der Waals surface area contributed by atoms with Gasteiger partial charge in [-0.15, -0.1) is 11.8 Å². The van der Waals surface area contributed by atoms with Gasteiger partial charge in [0.2, 0.25) is 6.54 Å². The van der Waals surface area contributed by atoms with E-state index in [4.69, 9.17) is 11.6 Å². The first-order chi connectivity index (χ1) is 6.59. The average molecular weight is 232 g/mol. The van der Waals surface area contributed by atoms with Crippen LogP contribution in [0.5, 0.6) is 0 Å². The minimum absolute atomic E-state index is 0.00721. The van der Waals surface area contributed by atoms with E-state index in [1.165, 1.54) is 11.8 Å². The summed E-state index contributed by atoms with van der Waals surface area (Å²) in [4.78, 5) is 10.8. The molecule has 0 aliphatic rings. The summed E-state index contributed by atoms with van der Waals surface area (Å²) in [5.74, 6) is 0.496. The molecule has 5 heteroatoms. The Kier molecular flexibility index (Phi) is 4.22. The number of hydrogen-bond donors (Lipinski definition) is 0. The van der Waals surface area contributed by atoms with Crippen molar-refractivity contribution in [1.82, 2.24) is 0 Å². The Labute approximate surface area is 91.6 Å². The number of nitro groups is 1. The van der Waals surface area contributed by atoms with Crippen molar-refractivity contribution in [3.63, 3.8) is 0 Å². The van der Waals surface area contributed by atoms with Crippen LogP contribution in [0.3, 0.4) is 0 Å². The van der Waals surface area contributed by atoms with Crippen LogP contribution in [-0.4, -0.2) is 17.2 Å². The van der Waals surface area contributed by atoms with Crippen molar-refractivity contribution in [1.29, 1.82) is 0 Å². The number of aryl methyl sites for hydroxylation is 1. The zero-order valence-corrected chi connectivity index (χ0v) is 9.27. The average Bonchev–Trinajstić information content (AvgIpc) is 2.08. The van der Waals surface area contributed by atoms with Gasteiger partial charge in [-0.1, -0.05) is 11.6 Å². The van der Waals surface area contributed by atoms with Crippen LogP contribution < -0.4 is 0 Å². The predicted molar refractivity (Wildman–Crippen MR) is 58.8 cm³/mol. The number of rotatable bonds is 4. The van der Waals surface area contributed by atoms with E-state index in [1.807, 2.05) is 19.1 Å². The van der Waals surface area contributed by atoms with E-state index in [0.717, 1.165) is 10.5 Å². The fraction of sp³-hybridized carbons (Fsp3) is 0.333. The molecule has 0 saturated heterocycles. The molecular weight excluding hydrogens is 222 g/mol. The van der Waals surface area contributed by atoms with Gasteiger partial charge in [-0.25, -0.2) is 0 Å². The summed E-state index contributed by atoms with van der Waals surface area (Å²) in [7, 11) is 0. The summed E-state index contributed by atoms with van der Waals surface area (Å²) in [6.07, 6.45) is 0. The lowest BCUT2D eigenvalue weighted by Gasteiger charge is -2.03. The van der Waals surface area contributed by atoms with Crippen molar-refractivity contribution in [2.24, 2.45) is 0 Å². The van der Waals surface area contributed by atoms with Gasteiger partial charge in [0, 0.05) is 14.8 Å². The van der Waals surface area contributed by atoms with Crippen LogP contribution in [0.25, 0.3) is 0 Å². The molecule has 0 aliphatic carbocycles. The first kappa shape index (κ1) is 11.3. The highest BCUT2D eigenvalue weighted by molar-refractivity contribution is 7.99. The number of benzene rings is 1. The summed E-state index contributed by atoms with van der Waals surface area (Å²) in [5.41, 5.74) is 1.06. The molecule has 0 amide bonds. The molecule has 0 heterocycles. The first-order valence-corrected chi connectivity index (χ1v) is 5.46. The molecule has 0 radical (unpaired) electrons. The summed E-state index contributed by atoms with van der Waals surface area (Å²) in [6.45, 7) is 1.94. The third kappa shape index (κ3) is 3.55. The summed E-state index contributed by atoms with van der Waals surface area (Å²) in [5, 5.41) is 10.8. The Bertz CT molecular complexity index is 344. The topological polar surface area (TPSA) is 43.1 Å². The Morgan fingerprint density at radius 2 is 2.29 bits per heavy atom. The van der Waals surface area contributed by atoms with Gasteiger partial charge in [-0.3, -0.25) is 10.1 Å². The van der Waals surface area contributed by atoms with E-state index in [0.29, 0.717) is 10.8 Å². The first-order valence-electron chi connectivity index (χ1n) is 4.10. The van der Waals surface area contributed by atoms with Gasteiger partial charge in [-0.05, 0) is 30.7 Å². The van der Waals surface area contributed by atoms with E-state index in [2.05, 4.69) is 0 Å². The maximum Gasteiger partial charge on any atom is 0.213 e. The van der Waals surface area contributed by atoms with E-state index in [1.54, 1.807) is 6.07 Å². The molecule has 3 nitrogen and oxygen atoms in total. The number of hydrogen-bond acceptors (Lipinski definition) is 3. The molecule has 0 spiro atoms. The van der Waals surface area contributed by atoms with Crippen LogP contribution in [0.15, 0.2) is 23.1 Å². The van der Waals surface area contributed by atoms with Crippen LogP contribution in [0.4, 0.5) is 0 Å². The van der Waals surface area contributed by atoms with Crippen LogP contribution in [-0.2, 0) is 0 Å². The standard InChI is InChI=1S/C9H10ClNO2S/c1-7-6-8(10)2-3-9(7)14-5-4-11(12)13/h2-3,6H,4-5H2,1H3. The lowest BCUT2D eigenvalue weighted by atomic mass is 10.2. The van der Waals surface area contributed by atoms with E-state index in [9.17, 15) is 10.1 Å². The van der Waals surface area contributed by atoms with Crippen molar-refractivity contribution in [3.8, 4) is 0 Å². The zero-order chi connectivity index (χ0) is 10.6. The SMILES string of the molecule is Cc1cc(Cl)ccc1SCC[N+](=O)[O-]. The molecule has 0 fully saturated rings. The molecule has 0 atom stereocenters. The van der Waals surface area contributed by atoms with Gasteiger partial charge >= 0.3 is 0 Å². The summed E-state index contributed by atoms with van der Waals surface area (Å²) >= 11 is 7.27. The van der Waals surface area contributed by atoms with Crippen molar-refractivity contribution >= 4 is 23.4 Å². The molecule has 0 saturated carbocycles. The molecule has 14 heavy (non-hydrogen) atoms. The lowest BCUT2D eigenvalue weighted by molar-refractivity contribution is -0.474. The third-order valence-electron chi connectivity index (χ3n) is 1.67. The Balaban J connectivity index is 2.55.